The maximum absolute atomic E-state index is 12.9. The van der Waals surface area contributed by atoms with Gasteiger partial charge in [0, 0.05) is 22.5 Å². The Kier molecular flexibility index (Phi) is 12.8. The van der Waals surface area contributed by atoms with Gasteiger partial charge in [0.15, 0.2) is 0 Å². The average molecular weight is 842 g/mol. The summed E-state index contributed by atoms with van der Waals surface area (Å²) < 4.78 is 21.4. The zero-order chi connectivity index (χ0) is 44.5. The molecule has 8 aromatic carbocycles. The predicted molar refractivity (Wildman–Crippen MR) is 256 cm³/mol. The van der Waals surface area contributed by atoms with Gasteiger partial charge in [0.1, 0.15) is 17.2 Å². The third-order valence-corrected chi connectivity index (χ3v) is 11.3. The van der Waals surface area contributed by atoms with E-state index in [0.29, 0.717) is 17.1 Å². The van der Waals surface area contributed by atoms with Gasteiger partial charge in [-0.2, -0.15) is 0 Å². The van der Waals surface area contributed by atoms with Crippen LogP contribution >= 0.6 is 0 Å². The van der Waals surface area contributed by atoms with Crippen LogP contribution in [0.3, 0.4) is 0 Å². The lowest BCUT2D eigenvalue weighted by atomic mass is 9.78. The molecule has 0 saturated heterocycles. The van der Waals surface area contributed by atoms with Gasteiger partial charge in [-0.1, -0.05) is 135 Å². The first-order valence-electron chi connectivity index (χ1n) is 20.9. The molecule has 0 aliphatic heterocycles. The molecule has 0 bridgehead atoms. The molecule has 8 rings (SSSR count). The van der Waals surface area contributed by atoms with E-state index in [9.17, 15) is 9.59 Å². The second-order valence-electron chi connectivity index (χ2n) is 15.7. The minimum atomic E-state index is -0.844. The number of hydrogen-bond donors (Lipinski definition) is 0. The number of ether oxygens (including phenoxy) is 4. The number of carbonyl (C=O) groups excluding carboxylic acids is 2. The van der Waals surface area contributed by atoms with Gasteiger partial charge in [-0.05, 0) is 136 Å². The van der Waals surface area contributed by atoms with Crippen molar-refractivity contribution in [3.8, 4) is 28.4 Å². The van der Waals surface area contributed by atoms with Crippen molar-refractivity contribution in [1.29, 1.82) is 0 Å². The van der Waals surface area contributed by atoms with E-state index in [2.05, 4.69) is 122 Å². The van der Waals surface area contributed by atoms with Gasteiger partial charge in [0.2, 0.25) is 0 Å². The van der Waals surface area contributed by atoms with Crippen molar-refractivity contribution >= 4 is 40.8 Å². The third-order valence-electron chi connectivity index (χ3n) is 11.3. The Labute approximate surface area is 374 Å². The molecule has 0 spiro atoms. The monoisotopic (exact) mass is 841 g/mol. The van der Waals surface area contributed by atoms with Gasteiger partial charge in [-0.15, -0.1) is 0 Å². The summed E-state index contributed by atoms with van der Waals surface area (Å²) in [6, 6.07) is 67.9. The molecule has 0 aromatic heterocycles. The Bertz CT molecular complexity index is 2800. The van der Waals surface area contributed by atoms with Crippen LogP contribution in [0.2, 0.25) is 0 Å². The van der Waals surface area contributed by atoms with Crippen LogP contribution in [-0.2, 0) is 10.2 Å². The van der Waals surface area contributed by atoms with E-state index in [1.54, 1.807) is 43.5 Å². The first-order chi connectivity index (χ1) is 31.2. The number of nitrogens with zero attached hydrogens (tertiary/aromatic N) is 1. The number of rotatable bonds is 13. The van der Waals surface area contributed by atoms with E-state index in [0.717, 1.165) is 67.3 Å². The highest BCUT2D eigenvalue weighted by Crippen LogP contribution is 2.37. The van der Waals surface area contributed by atoms with Gasteiger partial charge in [0.05, 0.1) is 19.8 Å². The van der Waals surface area contributed by atoms with Crippen LogP contribution < -0.4 is 19.1 Å². The standard InChI is InChI=1S/C57H47NO6/c1-57(2,46-27-19-45(20-28-46)55(59)62-4)47-29-37-53(38-30-47)64-56(60)63-52-35-25-44(26-36-52)54(43-23-33-51(61-3)34-24-43)39-40-15-17-41(18-16-40)42-21-31-50(32-22-42)58(48-11-7-5-8-12-48)49-13-9-6-10-14-49/h5-39H,1-4H3. The lowest BCUT2D eigenvalue weighted by Gasteiger charge is -2.26. The average Bonchev–Trinajstić information content (AvgIpc) is 3.35. The minimum Gasteiger partial charge on any atom is -0.497 e. The van der Waals surface area contributed by atoms with E-state index in [1.807, 2.05) is 72.8 Å². The number of benzene rings is 8. The fourth-order valence-corrected chi connectivity index (χ4v) is 7.61. The van der Waals surface area contributed by atoms with Gasteiger partial charge >= 0.3 is 12.1 Å². The smallest absolute Gasteiger partial charge is 0.497 e. The number of methoxy groups -OCH3 is 2. The number of carbonyl (C=O) groups is 2. The fraction of sp³-hybridized carbons (Fsp3) is 0.0877. The van der Waals surface area contributed by atoms with E-state index < -0.39 is 6.16 Å². The molecular formula is C57H47NO6. The molecule has 0 fully saturated rings. The summed E-state index contributed by atoms with van der Waals surface area (Å²) in [4.78, 5) is 27.1. The molecule has 7 heteroatoms. The molecule has 0 heterocycles. The molecule has 0 aliphatic rings. The number of para-hydroxylation sites is 2. The molecular weight excluding hydrogens is 795 g/mol. The maximum Gasteiger partial charge on any atom is 0.519 e. The van der Waals surface area contributed by atoms with Crippen molar-refractivity contribution in [1.82, 2.24) is 0 Å². The minimum absolute atomic E-state index is 0.349. The molecule has 0 atom stereocenters. The Morgan fingerprint density at radius 3 is 1.33 bits per heavy atom. The van der Waals surface area contributed by atoms with Crippen molar-refractivity contribution in [3.63, 3.8) is 0 Å². The van der Waals surface area contributed by atoms with Crippen molar-refractivity contribution in [2.45, 2.75) is 19.3 Å². The fourth-order valence-electron chi connectivity index (χ4n) is 7.61. The van der Waals surface area contributed by atoms with Gasteiger partial charge in [-0.3, -0.25) is 0 Å². The summed E-state index contributed by atoms with van der Waals surface area (Å²) in [5.41, 5.74) is 11.6. The number of anilines is 3. The number of esters is 1. The second-order valence-corrected chi connectivity index (χ2v) is 15.7. The van der Waals surface area contributed by atoms with Crippen molar-refractivity contribution in [2.24, 2.45) is 0 Å². The first kappa shape index (κ1) is 42.5. The molecule has 0 saturated carbocycles. The Morgan fingerprint density at radius 1 is 0.453 bits per heavy atom. The van der Waals surface area contributed by atoms with E-state index in [4.69, 9.17) is 18.9 Å². The van der Waals surface area contributed by atoms with E-state index in [1.165, 1.54) is 7.11 Å². The molecule has 8 aromatic rings. The summed E-state index contributed by atoms with van der Waals surface area (Å²) in [5, 5.41) is 0. The van der Waals surface area contributed by atoms with Crippen LogP contribution in [0.25, 0.3) is 22.8 Å². The largest absolute Gasteiger partial charge is 0.519 e. The normalized spacial score (nSPS) is 11.3. The molecule has 0 unspecified atom stereocenters. The predicted octanol–water partition coefficient (Wildman–Crippen LogP) is 14.1. The first-order valence-corrected chi connectivity index (χ1v) is 20.9. The SMILES string of the molecule is COC(=O)c1ccc(C(C)(C)c2ccc(OC(=O)Oc3ccc(C(=Cc4ccc(-c5ccc(N(c6ccccc6)c6ccccc6)cc5)cc4)c4ccc(OC)cc4)cc3)cc2)cc1. The van der Waals surface area contributed by atoms with Crippen molar-refractivity contribution < 1.29 is 28.5 Å². The molecule has 316 valence electrons. The molecule has 7 nitrogen and oxygen atoms in total. The highest BCUT2D eigenvalue weighted by atomic mass is 16.7. The maximum atomic E-state index is 12.9. The van der Waals surface area contributed by atoms with Crippen LogP contribution in [0, 0.1) is 0 Å². The summed E-state index contributed by atoms with van der Waals surface area (Å²) in [6.45, 7) is 4.18. The van der Waals surface area contributed by atoms with E-state index >= 15 is 0 Å². The van der Waals surface area contributed by atoms with Gasteiger partial charge in [-0.25, -0.2) is 9.59 Å². The zero-order valence-electron chi connectivity index (χ0n) is 36.1. The highest BCUT2D eigenvalue weighted by molar-refractivity contribution is 5.92. The molecule has 0 aliphatic carbocycles. The molecule has 0 amide bonds. The van der Waals surface area contributed by atoms with Crippen LogP contribution in [0.4, 0.5) is 21.9 Å². The van der Waals surface area contributed by atoms with Crippen LogP contribution in [0.15, 0.2) is 206 Å². The van der Waals surface area contributed by atoms with Crippen LogP contribution in [0.5, 0.6) is 17.2 Å². The number of hydrogen-bond acceptors (Lipinski definition) is 7. The van der Waals surface area contributed by atoms with E-state index in [-0.39, 0.29) is 11.4 Å². The van der Waals surface area contributed by atoms with Gasteiger partial charge in [0.25, 0.3) is 0 Å². The summed E-state index contributed by atoms with van der Waals surface area (Å²) >= 11 is 0. The summed E-state index contributed by atoms with van der Waals surface area (Å²) in [6.07, 6.45) is 1.31. The Balaban J connectivity index is 0.961. The third kappa shape index (κ3) is 9.80. The van der Waals surface area contributed by atoms with Crippen molar-refractivity contribution in [3.05, 3.63) is 240 Å². The summed E-state index contributed by atoms with van der Waals surface area (Å²) in [5.74, 6) is 1.09. The Hall–Kier alpha value is -8.16. The lowest BCUT2D eigenvalue weighted by Crippen LogP contribution is -2.19. The summed E-state index contributed by atoms with van der Waals surface area (Å²) in [7, 11) is 3.02. The zero-order valence-corrected chi connectivity index (χ0v) is 36.1. The lowest BCUT2D eigenvalue weighted by molar-refractivity contribution is 0.0600. The topological polar surface area (TPSA) is 74.3 Å². The highest BCUT2D eigenvalue weighted by Gasteiger charge is 2.24. The second kappa shape index (κ2) is 19.3. The quantitative estimate of drug-likeness (QED) is 0.0650. The van der Waals surface area contributed by atoms with Crippen LogP contribution in [-0.4, -0.2) is 26.3 Å². The Morgan fingerprint density at radius 2 is 0.859 bits per heavy atom. The van der Waals surface area contributed by atoms with Crippen LogP contribution in [0.1, 0.15) is 52.0 Å². The molecule has 64 heavy (non-hydrogen) atoms. The molecule has 0 radical (unpaired) electrons. The molecule has 0 N–H and O–H groups in total. The van der Waals surface area contributed by atoms with Crippen molar-refractivity contribution in [2.75, 3.05) is 19.1 Å². The van der Waals surface area contributed by atoms with Gasteiger partial charge < -0.3 is 23.8 Å².